The quantitative estimate of drug-likeness (QED) is 0.860. The van der Waals surface area contributed by atoms with E-state index >= 15 is 0 Å². The van der Waals surface area contributed by atoms with Crippen molar-refractivity contribution in [3.05, 3.63) is 42.1 Å². The Labute approximate surface area is 125 Å². The van der Waals surface area contributed by atoms with E-state index in [-0.39, 0.29) is 5.54 Å². The van der Waals surface area contributed by atoms with Crippen LogP contribution in [-0.4, -0.2) is 4.98 Å². The van der Waals surface area contributed by atoms with Crippen molar-refractivity contribution in [2.75, 3.05) is 0 Å². The summed E-state index contributed by atoms with van der Waals surface area (Å²) in [5, 5.41) is 1.27. The first kappa shape index (κ1) is 12.2. The molecule has 2 aromatic rings. The molecule has 3 aliphatic carbocycles. The van der Waals surface area contributed by atoms with Crippen molar-refractivity contribution in [1.29, 1.82) is 0 Å². The van der Waals surface area contributed by atoms with Gasteiger partial charge in [-0.2, -0.15) is 0 Å². The fourth-order valence-electron chi connectivity index (χ4n) is 6.01. The first-order valence-electron chi connectivity index (χ1n) is 8.40. The van der Waals surface area contributed by atoms with Crippen LogP contribution in [0.2, 0.25) is 0 Å². The van der Waals surface area contributed by atoms with Crippen LogP contribution in [0.3, 0.4) is 0 Å². The van der Waals surface area contributed by atoms with Crippen LogP contribution in [0.1, 0.15) is 37.7 Å². The first-order valence-corrected chi connectivity index (χ1v) is 8.40. The molecule has 0 spiro atoms. The van der Waals surface area contributed by atoms with Crippen molar-refractivity contribution in [2.24, 2.45) is 29.4 Å². The van der Waals surface area contributed by atoms with Crippen molar-refractivity contribution in [3.8, 4) is 0 Å². The molecule has 5 atom stereocenters. The highest BCUT2D eigenvalue weighted by atomic mass is 14.8. The van der Waals surface area contributed by atoms with Crippen LogP contribution < -0.4 is 5.73 Å². The normalized spacial score (nSPS) is 40.8. The molecule has 3 aliphatic rings. The minimum absolute atomic E-state index is 0.112. The van der Waals surface area contributed by atoms with Crippen LogP contribution in [0.15, 0.2) is 36.5 Å². The van der Waals surface area contributed by atoms with Gasteiger partial charge in [-0.1, -0.05) is 24.6 Å². The maximum Gasteiger partial charge on any atom is 0.0705 e. The summed E-state index contributed by atoms with van der Waals surface area (Å²) < 4.78 is 0. The molecule has 0 saturated heterocycles. The first-order chi connectivity index (χ1) is 10.3. The van der Waals surface area contributed by atoms with Crippen LogP contribution >= 0.6 is 0 Å². The summed E-state index contributed by atoms with van der Waals surface area (Å²) >= 11 is 0. The van der Waals surface area contributed by atoms with Gasteiger partial charge in [-0.3, -0.25) is 4.98 Å². The third kappa shape index (κ3) is 1.49. The lowest BCUT2D eigenvalue weighted by atomic mass is 9.68. The predicted octanol–water partition coefficient (Wildman–Crippen LogP) is 3.84. The van der Waals surface area contributed by atoms with Gasteiger partial charge in [0, 0.05) is 17.1 Å². The molecule has 21 heavy (non-hydrogen) atoms. The lowest BCUT2D eigenvalue weighted by molar-refractivity contribution is 0.158. The van der Waals surface area contributed by atoms with E-state index in [2.05, 4.69) is 29.2 Å². The number of nitrogens with two attached hydrogens (primary N) is 1. The summed E-state index contributed by atoms with van der Waals surface area (Å²) in [5.41, 5.74) is 9.39. The molecule has 0 radical (unpaired) electrons. The van der Waals surface area contributed by atoms with Gasteiger partial charge in [-0.05, 0) is 67.1 Å². The van der Waals surface area contributed by atoms with Crippen molar-refractivity contribution < 1.29 is 0 Å². The Morgan fingerprint density at radius 1 is 1.10 bits per heavy atom. The van der Waals surface area contributed by atoms with E-state index in [1.165, 1.54) is 43.1 Å². The molecule has 2 nitrogen and oxygen atoms in total. The van der Waals surface area contributed by atoms with Gasteiger partial charge in [0.25, 0.3) is 0 Å². The highest BCUT2D eigenvalue weighted by Crippen LogP contribution is 2.64. The molecule has 3 saturated carbocycles. The van der Waals surface area contributed by atoms with Gasteiger partial charge in [-0.25, -0.2) is 0 Å². The van der Waals surface area contributed by atoms with Gasteiger partial charge in [0.2, 0.25) is 0 Å². The average Bonchev–Trinajstić information content (AvgIpc) is 3.18. The second-order valence-electron chi connectivity index (χ2n) is 7.48. The Balaban J connectivity index is 1.66. The maximum atomic E-state index is 7.06. The highest BCUT2D eigenvalue weighted by Gasteiger charge is 2.60. The monoisotopic (exact) mass is 278 g/mol. The van der Waals surface area contributed by atoms with E-state index in [1.807, 2.05) is 12.3 Å². The van der Waals surface area contributed by atoms with Gasteiger partial charge in [0.15, 0.2) is 0 Å². The van der Waals surface area contributed by atoms with Gasteiger partial charge >= 0.3 is 0 Å². The van der Waals surface area contributed by atoms with Gasteiger partial charge < -0.3 is 5.73 Å². The topological polar surface area (TPSA) is 38.9 Å². The number of nitrogens with zero attached hydrogens (tertiary/aromatic N) is 1. The molecule has 2 bridgehead atoms. The standard InChI is InChI=1S/C19H22N2/c20-19(11-12-10-17(19)14-5-1-4-13(12)14)16-7-2-8-18-15(16)6-3-9-21-18/h2-3,6-9,12-14,17H,1,4-5,10-11,20H2. The largest absolute Gasteiger partial charge is 0.321 e. The Morgan fingerprint density at radius 3 is 2.95 bits per heavy atom. The number of fused-ring (bicyclic) bond motifs is 6. The van der Waals surface area contributed by atoms with E-state index in [4.69, 9.17) is 5.73 Å². The van der Waals surface area contributed by atoms with E-state index in [9.17, 15) is 0 Å². The Bertz CT molecular complexity index is 704. The molecule has 1 aromatic carbocycles. The lowest BCUT2D eigenvalue weighted by Gasteiger charge is -2.41. The summed E-state index contributed by atoms with van der Waals surface area (Å²) in [6.07, 6.45) is 8.72. The van der Waals surface area contributed by atoms with E-state index in [1.54, 1.807) is 0 Å². The van der Waals surface area contributed by atoms with Gasteiger partial charge in [0.1, 0.15) is 0 Å². The number of hydrogen-bond donors (Lipinski definition) is 1. The fourth-order valence-corrected chi connectivity index (χ4v) is 6.01. The van der Waals surface area contributed by atoms with E-state index in [0.717, 1.165) is 23.3 Å². The molecule has 0 aliphatic heterocycles. The zero-order valence-corrected chi connectivity index (χ0v) is 12.3. The third-order valence-corrected chi connectivity index (χ3v) is 6.71. The summed E-state index contributed by atoms with van der Waals surface area (Å²) in [4.78, 5) is 4.52. The van der Waals surface area contributed by atoms with Crippen molar-refractivity contribution in [1.82, 2.24) is 4.98 Å². The van der Waals surface area contributed by atoms with Crippen molar-refractivity contribution in [3.63, 3.8) is 0 Å². The maximum absolute atomic E-state index is 7.06. The minimum atomic E-state index is -0.112. The van der Waals surface area contributed by atoms with Crippen molar-refractivity contribution >= 4 is 10.9 Å². The van der Waals surface area contributed by atoms with Crippen molar-refractivity contribution in [2.45, 2.75) is 37.6 Å². The van der Waals surface area contributed by atoms with Crippen LogP contribution in [0, 0.1) is 23.7 Å². The minimum Gasteiger partial charge on any atom is -0.321 e. The number of pyridine rings is 1. The molecule has 108 valence electrons. The summed E-state index contributed by atoms with van der Waals surface area (Å²) in [7, 11) is 0. The number of benzene rings is 1. The van der Waals surface area contributed by atoms with Crippen LogP contribution in [0.4, 0.5) is 0 Å². The molecule has 1 heterocycles. The zero-order valence-electron chi connectivity index (χ0n) is 12.3. The van der Waals surface area contributed by atoms with Gasteiger partial charge in [0.05, 0.1) is 5.52 Å². The Hall–Kier alpha value is -1.41. The second kappa shape index (κ2) is 4.07. The fraction of sp³-hybridized carbons (Fsp3) is 0.526. The third-order valence-electron chi connectivity index (χ3n) is 6.71. The molecular weight excluding hydrogens is 256 g/mol. The Kier molecular flexibility index (Phi) is 2.36. The number of aromatic nitrogens is 1. The highest BCUT2D eigenvalue weighted by molar-refractivity contribution is 5.83. The van der Waals surface area contributed by atoms with Crippen LogP contribution in [0.25, 0.3) is 10.9 Å². The van der Waals surface area contributed by atoms with Crippen LogP contribution in [-0.2, 0) is 5.54 Å². The predicted molar refractivity (Wildman–Crippen MR) is 84.7 cm³/mol. The number of hydrogen-bond acceptors (Lipinski definition) is 2. The second-order valence-corrected chi connectivity index (χ2v) is 7.48. The molecule has 5 rings (SSSR count). The number of rotatable bonds is 1. The molecule has 2 N–H and O–H groups in total. The molecule has 0 amide bonds. The molecule has 1 aromatic heterocycles. The summed E-state index contributed by atoms with van der Waals surface area (Å²) in [5.74, 6) is 3.45. The van der Waals surface area contributed by atoms with E-state index < -0.39 is 0 Å². The van der Waals surface area contributed by atoms with Crippen LogP contribution in [0.5, 0.6) is 0 Å². The zero-order chi connectivity index (χ0) is 14.0. The summed E-state index contributed by atoms with van der Waals surface area (Å²) in [6, 6.07) is 10.7. The van der Waals surface area contributed by atoms with E-state index in [0.29, 0.717) is 5.92 Å². The smallest absolute Gasteiger partial charge is 0.0705 e. The Morgan fingerprint density at radius 2 is 2.00 bits per heavy atom. The molecule has 5 unspecified atom stereocenters. The SMILES string of the molecule is NC1(c2cccc3ncccc23)CC2CC1C1CCCC21. The average molecular weight is 278 g/mol. The molecule has 3 fully saturated rings. The lowest BCUT2D eigenvalue weighted by Crippen LogP contribution is -2.46. The van der Waals surface area contributed by atoms with Gasteiger partial charge in [-0.15, -0.1) is 0 Å². The summed E-state index contributed by atoms with van der Waals surface area (Å²) in [6.45, 7) is 0. The molecule has 2 heteroatoms. The molecular formula is C19H22N2.